The summed E-state index contributed by atoms with van der Waals surface area (Å²) in [7, 11) is 0. The number of hydrogen-bond donors (Lipinski definition) is 1. The zero-order valence-corrected chi connectivity index (χ0v) is 11.1. The monoisotopic (exact) mass is 243 g/mol. The second kappa shape index (κ2) is 5.87. The van der Waals surface area contributed by atoms with E-state index in [1.165, 1.54) is 18.4 Å². The fourth-order valence-electron chi connectivity index (χ4n) is 1.97. The maximum atomic E-state index is 5.79. The maximum Gasteiger partial charge on any atom is 0.134 e. The van der Waals surface area contributed by atoms with E-state index in [1.54, 1.807) is 0 Å². The minimum Gasteiger partial charge on any atom is -0.459 e. The number of benzene rings is 1. The highest BCUT2D eigenvalue weighted by Gasteiger charge is 2.07. The molecule has 0 fully saturated rings. The van der Waals surface area contributed by atoms with Crippen LogP contribution in [0.1, 0.15) is 44.1 Å². The van der Waals surface area contributed by atoms with Gasteiger partial charge in [0.2, 0.25) is 0 Å². The Morgan fingerprint density at radius 3 is 2.39 bits per heavy atom. The minimum absolute atomic E-state index is 0.0532. The molecule has 0 bridgehead atoms. The Balaban J connectivity index is 2.12. The zero-order valence-electron chi connectivity index (χ0n) is 11.1. The molecule has 96 valence electrons. The van der Waals surface area contributed by atoms with Crippen LogP contribution in [0.5, 0.6) is 0 Å². The number of nitrogens with two attached hydrogens (primary N) is 1. The molecule has 0 saturated heterocycles. The van der Waals surface area contributed by atoms with Gasteiger partial charge in [0, 0.05) is 5.56 Å². The summed E-state index contributed by atoms with van der Waals surface area (Å²) in [6, 6.07) is 12.5. The van der Waals surface area contributed by atoms with Crippen LogP contribution in [0.3, 0.4) is 0 Å². The fourth-order valence-corrected chi connectivity index (χ4v) is 1.97. The summed E-state index contributed by atoms with van der Waals surface area (Å²) >= 11 is 0. The molecule has 2 nitrogen and oxygen atoms in total. The van der Waals surface area contributed by atoms with Crippen molar-refractivity contribution in [2.45, 2.75) is 39.2 Å². The van der Waals surface area contributed by atoms with E-state index >= 15 is 0 Å². The third kappa shape index (κ3) is 3.02. The van der Waals surface area contributed by atoms with Crippen LogP contribution in [0.25, 0.3) is 11.3 Å². The molecule has 2 rings (SSSR count). The Kier molecular flexibility index (Phi) is 4.21. The molecule has 0 aliphatic rings. The Morgan fingerprint density at radius 1 is 1.11 bits per heavy atom. The molecule has 0 spiro atoms. The van der Waals surface area contributed by atoms with Gasteiger partial charge in [-0.2, -0.15) is 0 Å². The van der Waals surface area contributed by atoms with Gasteiger partial charge >= 0.3 is 0 Å². The molecular formula is C16H21NO. The van der Waals surface area contributed by atoms with Crippen molar-refractivity contribution in [3.05, 3.63) is 47.7 Å². The first-order chi connectivity index (χ1) is 8.70. The van der Waals surface area contributed by atoms with E-state index in [0.29, 0.717) is 0 Å². The van der Waals surface area contributed by atoms with Crippen molar-refractivity contribution in [2.75, 3.05) is 0 Å². The highest BCUT2D eigenvalue weighted by atomic mass is 16.3. The number of furan rings is 1. The van der Waals surface area contributed by atoms with Gasteiger partial charge in [0.25, 0.3) is 0 Å². The van der Waals surface area contributed by atoms with E-state index < -0.39 is 0 Å². The number of rotatable bonds is 5. The van der Waals surface area contributed by atoms with Crippen LogP contribution < -0.4 is 5.73 Å². The topological polar surface area (TPSA) is 39.2 Å². The van der Waals surface area contributed by atoms with Crippen molar-refractivity contribution < 1.29 is 4.42 Å². The van der Waals surface area contributed by atoms with Gasteiger partial charge in [-0.15, -0.1) is 0 Å². The van der Waals surface area contributed by atoms with Crippen molar-refractivity contribution in [1.82, 2.24) is 0 Å². The minimum atomic E-state index is -0.0532. The quantitative estimate of drug-likeness (QED) is 0.850. The van der Waals surface area contributed by atoms with Crippen LogP contribution in [0.4, 0.5) is 0 Å². The first-order valence-electron chi connectivity index (χ1n) is 6.65. The van der Waals surface area contributed by atoms with Gasteiger partial charge in [-0.25, -0.2) is 0 Å². The van der Waals surface area contributed by atoms with Gasteiger partial charge in [0.1, 0.15) is 11.5 Å². The van der Waals surface area contributed by atoms with Crippen LogP contribution >= 0.6 is 0 Å². The molecule has 1 aromatic carbocycles. The summed E-state index contributed by atoms with van der Waals surface area (Å²) in [5.41, 5.74) is 8.29. The first kappa shape index (κ1) is 12.9. The van der Waals surface area contributed by atoms with E-state index in [4.69, 9.17) is 10.2 Å². The summed E-state index contributed by atoms with van der Waals surface area (Å²) in [4.78, 5) is 0. The summed E-state index contributed by atoms with van der Waals surface area (Å²) < 4.78 is 5.73. The molecule has 18 heavy (non-hydrogen) atoms. The Hall–Kier alpha value is -1.54. The van der Waals surface area contributed by atoms with Gasteiger partial charge in [-0.05, 0) is 37.5 Å². The molecule has 0 saturated carbocycles. The van der Waals surface area contributed by atoms with Gasteiger partial charge < -0.3 is 10.2 Å². The largest absolute Gasteiger partial charge is 0.459 e. The average Bonchev–Trinajstić information content (AvgIpc) is 2.87. The molecule has 1 heterocycles. The molecule has 1 aromatic heterocycles. The van der Waals surface area contributed by atoms with Crippen LogP contribution in [0.15, 0.2) is 40.8 Å². The van der Waals surface area contributed by atoms with Crippen LogP contribution in [-0.4, -0.2) is 0 Å². The number of aryl methyl sites for hydroxylation is 1. The van der Waals surface area contributed by atoms with Crippen molar-refractivity contribution in [1.29, 1.82) is 0 Å². The molecule has 0 amide bonds. The molecule has 0 aliphatic heterocycles. The van der Waals surface area contributed by atoms with Gasteiger partial charge in [0.05, 0.1) is 6.04 Å². The van der Waals surface area contributed by atoms with E-state index in [-0.39, 0.29) is 6.04 Å². The highest BCUT2D eigenvalue weighted by molar-refractivity contribution is 5.58. The fraction of sp³-hybridized carbons (Fsp3) is 0.375. The normalized spacial score (nSPS) is 12.6. The second-order valence-corrected chi connectivity index (χ2v) is 4.79. The van der Waals surface area contributed by atoms with Crippen LogP contribution in [0.2, 0.25) is 0 Å². The van der Waals surface area contributed by atoms with Crippen LogP contribution in [0, 0.1) is 0 Å². The molecule has 2 heteroatoms. The lowest BCUT2D eigenvalue weighted by atomic mass is 10.1. The molecule has 1 unspecified atom stereocenters. The molecule has 1 atom stereocenters. The Bertz CT molecular complexity index is 482. The zero-order chi connectivity index (χ0) is 13.0. The number of hydrogen-bond acceptors (Lipinski definition) is 2. The average molecular weight is 243 g/mol. The highest BCUT2D eigenvalue weighted by Crippen LogP contribution is 2.25. The maximum absolute atomic E-state index is 5.79. The standard InChI is InChI=1S/C16H21NO/c1-3-4-5-13-6-8-14(9-7-13)16-11-10-15(18-16)12(2)17/h6-12H,3-5,17H2,1-2H3. The van der Waals surface area contributed by atoms with Crippen molar-refractivity contribution in [3.63, 3.8) is 0 Å². The molecular weight excluding hydrogens is 222 g/mol. The van der Waals surface area contributed by atoms with Crippen molar-refractivity contribution in [2.24, 2.45) is 5.73 Å². The third-order valence-corrected chi connectivity index (χ3v) is 3.13. The molecule has 2 N–H and O–H groups in total. The lowest BCUT2D eigenvalue weighted by Crippen LogP contribution is -2.02. The summed E-state index contributed by atoms with van der Waals surface area (Å²) in [5, 5.41) is 0. The molecule has 2 aromatic rings. The summed E-state index contributed by atoms with van der Waals surface area (Å²) in [6.07, 6.45) is 3.63. The second-order valence-electron chi connectivity index (χ2n) is 4.79. The summed E-state index contributed by atoms with van der Waals surface area (Å²) in [6.45, 7) is 4.14. The van der Waals surface area contributed by atoms with Crippen molar-refractivity contribution in [3.8, 4) is 11.3 Å². The molecule has 0 radical (unpaired) electrons. The lowest BCUT2D eigenvalue weighted by Gasteiger charge is -2.02. The predicted molar refractivity (Wildman–Crippen MR) is 75.4 cm³/mol. The van der Waals surface area contributed by atoms with Gasteiger partial charge in [-0.1, -0.05) is 37.6 Å². The Morgan fingerprint density at radius 2 is 1.83 bits per heavy atom. The first-order valence-corrected chi connectivity index (χ1v) is 6.65. The van der Waals surface area contributed by atoms with E-state index in [1.807, 2.05) is 19.1 Å². The van der Waals surface area contributed by atoms with Crippen LogP contribution in [-0.2, 0) is 6.42 Å². The van der Waals surface area contributed by atoms with E-state index in [0.717, 1.165) is 23.5 Å². The van der Waals surface area contributed by atoms with Gasteiger partial charge in [0.15, 0.2) is 0 Å². The SMILES string of the molecule is CCCCc1ccc(-c2ccc(C(C)N)o2)cc1. The van der Waals surface area contributed by atoms with Gasteiger partial charge in [-0.3, -0.25) is 0 Å². The smallest absolute Gasteiger partial charge is 0.134 e. The van der Waals surface area contributed by atoms with E-state index in [2.05, 4.69) is 31.2 Å². The third-order valence-electron chi connectivity index (χ3n) is 3.13. The lowest BCUT2D eigenvalue weighted by molar-refractivity contribution is 0.491. The summed E-state index contributed by atoms with van der Waals surface area (Å²) in [5.74, 6) is 1.73. The Labute approximate surface area is 109 Å². The van der Waals surface area contributed by atoms with E-state index in [9.17, 15) is 0 Å². The number of unbranched alkanes of at least 4 members (excludes halogenated alkanes) is 1. The molecule has 0 aliphatic carbocycles. The predicted octanol–water partition coefficient (Wildman–Crippen LogP) is 4.31. The van der Waals surface area contributed by atoms with Crippen molar-refractivity contribution >= 4 is 0 Å².